The van der Waals surface area contributed by atoms with Crippen LogP contribution >= 0.6 is 0 Å². The third-order valence-corrected chi connectivity index (χ3v) is 5.51. The lowest BCUT2D eigenvalue weighted by molar-refractivity contribution is -0.126. The molecule has 2 heterocycles. The fourth-order valence-electron chi connectivity index (χ4n) is 2.81. The fourth-order valence-corrected chi connectivity index (χ4v) is 3.68. The smallest absolute Gasteiger partial charge is 0.223 e. The summed E-state index contributed by atoms with van der Waals surface area (Å²) in [7, 11) is -3.13. The first kappa shape index (κ1) is 17.9. The Morgan fingerprint density at radius 3 is 2.70 bits per heavy atom. The van der Waals surface area contributed by atoms with Crippen molar-refractivity contribution < 1.29 is 13.2 Å². The molecule has 1 aromatic heterocycles. The highest BCUT2D eigenvalue weighted by Crippen LogP contribution is 2.19. The Morgan fingerprint density at radius 2 is 2.09 bits per heavy atom. The number of hydrogen-bond donors (Lipinski definition) is 1. The molecule has 1 aromatic rings. The number of pyridine rings is 1. The lowest BCUT2D eigenvalue weighted by atomic mass is 9.97. The van der Waals surface area contributed by atoms with Crippen LogP contribution in [0.5, 0.6) is 0 Å². The first-order chi connectivity index (χ1) is 11.0. The molecule has 1 aliphatic rings. The molecule has 0 bridgehead atoms. The summed E-state index contributed by atoms with van der Waals surface area (Å²) in [6.45, 7) is 1.56. The quantitative estimate of drug-likeness (QED) is 0.757. The number of carbonyl (C=O) groups excluding carboxylic acids is 1. The third-order valence-electron chi connectivity index (χ3n) is 4.21. The highest BCUT2D eigenvalue weighted by atomic mass is 32.2. The van der Waals surface area contributed by atoms with Crippen molar-refractivity contribution in [1.82, 2.24) is 14.6 Å². The van der Waals surface area contributed by atoms with Crippen molar-refractivity contribution in [3.8, 4) is 0 Å². The van der Waals surface area contributed by atoms with E-state index >= 15 is 0 Å². The number of hydrogen-bond acceptors (Lipinski definition) is 4. The molecule has 1 N–H and O–H groups in total. The first-order valence-electron chi connectivity index (χ1n) is 8.08. The van der Waals surface area contributed by atoms with E-state index in [1.807, 2.05) is 12.3 Å². The number of piperidine rings is 1. The molecule has 1 amide bonds. The predicted octanol–water partition coefficient (Wildman–Crippen LogP) is 1.19. The molecule has 0 spiro atoms. The molecular weight excluding hydrogens is 314 g/mol. The van der Waals surface area contributed by atoms with E-state index in [0.717, 1.165) is 19.3 Å². The summed E-state index contributed by atoms with van der Waals surface area (Å²) in [5, 5.41) is 2.97. The number of aryl methyl sites for hydroxylation is 1. The standard InChI is InChI=1S/C16H25N3O3S/c1-23(21,22)19-11-7-15(8-12-19)16(20)18-10-3-2-5-14-6-4-9-17-13-14/h4,6,9,13,15H,2-3,5,7-8,10-12H2,1H3,(H,18,20). The van der Waals surface area contributed by atoms with Crippen LogP contribution in [0.3, 0.4) is 0 Å². The van der Waals surface area contributed by atoms with E-state index in [0.29, 0.717) is 32.5 Å². The van der Waals surface area contributed by atoms with E-state index in [1.54, 1.807) is 6.20 Å². The van der Waals surface area contributed by atoms with Crippen LogP contribution in [0.25, 0.3) is 0 Å². The van der Waals surface area contributed by atoms with Crippen molar-refractivity contribution >= 4 is 15.9 Å². The molecule has 0 saturated carbocycles. The van der Waals surface area contributed by atoms with Crippen molar-refractivity contribution in [2.75, 3.05) is 25.9 Å². The zero-order valence-corrected chi connectivity index (χ0v) is 14.4. The van der Waals surface area contributed by atoms with Gasteiger partial charge >= 0.3 is 0 Å². The molecule has 1 fully saturated rings. The van der Waals surface area contributed by atoms with Gasteiger partial charge in [0.05, 0.1) is 6.26 Å². The topological polar surface area (TPSA) is 79.4 Å². The Balaban J connectivity index is 1.60. The van der Waals surface area contributed by atoms with E-state index in [9.17, 15) is 13.2 Å². The Hall–Kier alpha value is -1.47. The lowest BCUT2D eigenvalue weighted by Gasteiger charge is -2.29. The predicted molar refractivity (Wildman–Crippen MR) is 89.3 cm³/mol. The van der Waals surface area contributed by atoms with Crippen LogP contribution < -0.4 is 5.32 Å². The lowest BCUT2D eigenvalue weighted by Crippen LogP contribution is -2.42. The highest BCUT2D eigenvalue weighted by molar-refractivity contribution is 7.88. The third kappa shape index (κ3) is 5.91. The molecule has 23 heavy (non-hydrogen) atoms. The van der Waals surface area contributed by atoms with Gasteiger partial charge in [-0.25, -0.2) is 12.7 Å². The van der Waals surface area contributed by atoms with E-state index < -0.39 is 10.0 Å². The molecule has 1 saturated heterocycles. The van der Waals surface area contributed by atoms with Crippen LogP contribution in [0.2, 0.25) is 0 Å². The number of carbonyl (C=O) groups is 1. The number of unbranched alkanes of at least 4 members (excludes halogenated alkanes) is 1. The highest BCUT2D eigenvalue weighted by Gasteiger charge is 2.28. The van der Waals surface area contributed by atoms with Crippen molar-refractivity contribution in [1.29, 1.82) is 0 Å². The van der Waals surface area contributed by atoms with Gasteiger partial charge in [0.15, 0.2) is 0 Å². The zero-order valence-electron chi connectivity index (χ0n) is 13.6. The summed E-state index contributed by atoms with van der Waals surface area (Å²) in [6.07, 6.45) is 8.98. The number of amides is 1. The van der Waals surface area contributed by atoms with Crippen LogP contribution in [-0.2, 0) is 21.2 Å². The summed E-state index contributed by atoms with van der Waals surface area (Å²) < 4.78 is 24.3. The molecular formula is C16H25N3O3S. The molecule has 0 radical (unpaired) electrons. The second-order valence-corrected chi connectivity index (χ2v) is 8.03. The van der Waals surface area contributed by atoms with Crippen LogP contribution in [0.1, 0.15) is 31.2 Å². The minimum atomic E-state index is -3.13. The summed E-state index contributed by atoms with van der Waals surface area (Å²) >= 11 is 0. The van der Waals surface area contributed by atoms with Gasteiger partial charge in [-0.1, -0.05) is 6.07 Å². The molecule has 0 aliphatic carbocycles. The monoisotopic (exact) mass is 339 g/mol. The summed E-state index contributed by atoms with van der Waals surface area (Å²) in [5.41, 5.74) is 1.21. The maximum absolute atomic E-state index is 12.1. The summed E-state index contributed by atoms with van der Waals surface area (Å²) in [6, 6.07) is 3.99. The molecule has 7 heteroatoms. The van der Waals surface area contributed by atoms with Crippen molar-refractivity contribution in [2.45, 2.75) is 32.1 Å². The van der Waals surface area contributed by atoms with Crippen molar-refractivity contribution in [3.05, 3.63) is 30.1 Å². The van der Waals surface area contributed by atoms with Gasteiger partial charge in [-0.2, -0.15) is 0 Å². The molecule has 0 atom stereocenters. The van der Waals surface area contributed by atoms with Crippen LogP contribution in [0, 0.1) is 5.92 Å². The molecule has 0 unspecified atom stereocenters. The number of nitrogens with one attached hydrogen (secondary N) is 1. The Bertz CT molecular complexity index is 596. The van der Waals surface area contributed by atoms with Gasteiger partial charge in [-0.15, -0.1) is 0 Å². The number of sulfonamides is 1. The van der Waals surface area contributed by atoms with Gasteiger partial charge in [0.1, 0.15) is 0 Å². The maximum Gasteiger partial charge on any atom is 0.223 e. The van der Waals surface area contributed by atoms with Crippen molar-refractivity contribution in [2.24, 2.45) is 5.92 Å². The fraction of sp³-hybridized carbons (Fsp3) is 0.625. The van der Waals surface area contributed by atoms with Crippen molar-refractivity contribution in [3.63, 3.8) is 0 Å². The summed E-state index contributed by atoms with van der Waals surface area (Å²) in [4.78, 5) is 16.2. The SMILES string of the molecule is CS(=O)(=O)N1CCC(C(=O)NCCCCc2cccnc2)CC1. The number of aromatic nitrogens is 1. The molecule has 1 aliphatic heterocycles. The average Bonchev–Trinajstić information content (AvgIpc) is 2.54. The molecule has 6 nitrogen and oxygen atoms in total. The minimum Gasteiger partial charge on any atom is -0.356 e. The Morgan fingerprint density at radius 1 is 1.35 bits per heavy atom. The van der Waals surface area contributed by atoms with E-state index in [2.05, 4.69) is 16.4 Å². The second kappa shape index (κ2) is 8.40. The number of rotatable bonds is 7. The largest absolute Gasteiger partial charge is 0.356 e. The molecule has 2 rings (SSSR count). The van der Waals surface area contributed by atoms with Crippen LogP contribution in [0.15, 0.2) is 24.5 Å². The summed E-state index contributed by atoms with van der Waals surface area (Å²) in [5.74, 6) is -0.00847. The van der Waals surface area contributed by atoms with Crippen LogP contribution in [0.4, 0.5) is 0 Å². The van der Waals surface area contributed by atoms with Crippen LogP contribution in [-0.4, -0.2) is 49.5 Å². The van der Waals surface area contributed by atoms with Gasteiger partial charge in [-0.05, 0) is 43.7 Å². The maximum atomic E-state index is 12.1. The van der Waals surface area contributed by atoms with Gasteiger partial charge in [0, 0.05) is 37.9 Å². The number of nitrogens with zero attached hydrogens (tertiary/aromatic N) is 2. The van der Waals surface area contributed by atoms with E-state index in [4.69, 9.17) is 0 Å². The normalized spacial score (nSPS) is 17.1. The second-order valence-electron chi connectivity index (χ2n) is 6.05. The van der Waals surface area contributed by atoms with E-state index in [1.165, 1.54) is 16.1 Å². The van der Waals surface area contributed by atoms with Gasteiger partial charge in [0.2, 0.25) is 15.9 Å². The molecule has 128 valence electrons. The van der Waals surface area contributed by atoms with Gasteiger partial charge in [-0.3, -0.25) is 9.78 Å². The Labute approximate surface area is 138 Å². The minimum absolute atomic E-state index is 0.0551. The first-order valence-corrected chi connectivity index (χ1v) is 9.93. The average molecular weight is 339 g/mol. The van der Waals surface area contributed by atoms with Gasteiger partial charge in [0.25, 0.3) is 0 Å². The molecule has 0 aromatic carbocycles. The van der Waals surface area contributed by atoms with Gasteiger partial charge < -0.3 is 5.32 Å². The zero-order chi connectivity index (χ0) is 16.7. The Kier molecular flexibility index (Phi) is 6.53. The van der Waals surface area contributed by atoms with E-state index in [-0.39, 0.29) is 11.8 Å².